The number of nitrogens with two attached hydrogens (primary N) is 1. The summed E-state index contributed by atoms with van der Waals surface area (Å²) in [6.45, 7) is 2.15. The van der Waals surface area contributed by atoms with Gasteiger partial charge in [0.25, 0.3) is 0 Å². The Balaban J connectivity index is 2.01. The van der Waals surface area contributed by atoms with Gasteiger partial charge in [-0.15, -0.1) is 0 Å². The van der Waals surface area contributed by atoms with Crippen LogP contribution >= 0.6 is 0 Å². The largest absolute Gasteiger partial charge is 0.388 e. The van der Waals surface area contributed by atoms with Crippen molar-refractivity contribution in [3.05, 3.63) is 29.8 Å². The van der Waals surface area contributed by atoms with E-state index >= 15 is 0 Å². The molecule has 2 rings (SSSR count). The third-order valence-corrected chi connectivity index (χ3v) is 3.21. The number of carbonyl (C=O) groups excluding carboxylic acids is 1. The number of rotatable bonds is 2. The van der Waals surface area contributed by atoms with Crippen LogP contribution in [-0.2, 0) is 0 Å². The van der Waals surface area contributed by atoms with Crippen molar-refractivity contribution >= 4 is 11.7 Å². The van der Waals surface area contributed by atoms with Gasteiger partial charge in [0.15, 0.2) is 0 Å². The second kappa shape index (κ2) is 5.56. The van der Waals surface area contributed by atoms with Crippen molar-refractivity contribution < 1.29 is 15.0 Å². The molecule has 0 radical (unpaired) electrons. The number of nitrogens with zero attached hydrogens (tertiary/aromatic N) is 1. The minimum atomic E-state index is -0.874. The molecule has 0 spiro atoms. The van der Waals surface area contributed by atoms with Crippen LogP contribution in [0, 0.1) is 0 Å². The lowest BCUT2D eigenvalue weighted by Crippen LogP contribution is -2.33. The molecule has 0 aliphatic carbocycles. The van der Waals surface area contributed by atoms with E-state index in [0.717, 1.165) is 5.56 Å². The highest BCUT2D eigenvalue weighted by atomic mass is 16.3. The smallest absolute Gasteiger partial charge is 0.322 e. The molecular formula is C13H19N3O3. The number of aliphatic hydroxyl groups is 2. The lowest BCUT2D eigenvalue weighted by Gasteiger charge is -2.17. The topological polar surface area (TPSA) is 98.8 Å². The van der Waals surface area contributed by atoms with Crippen molar-refractivity contribution in [2.24, 2.45) is 5.73 Å². The van der Waals surface area contributed by atoms with Gasteiger partial charge in [0, 0.05) is 11.7 Å². The molecule has 104 valence electrons. The summed E-state index contributed by atoms with van der Waals surface area (Å²) in [6, 6.07) is 6.86. The lowest BCUT2D eigenvalue weighted by atomic mass is 10.1. The van der Waals surface area contributed by atoms with Crippen LogP contribution in [0.5, 0.6) is 0 Å². The first-order valence-electron chi connectivity index (χ1n) is 6.25. The van der Waals surface area contributed by atoms with Gasteiger partial charge in [-0.25, -0.2) is 4.79 Å². The molecule has 1 aliphatic rings. The molecule has 1 fully saturated rings. The van der Waals surface area contributed by atoms with Gasteiger partial charge in [0.1, 0.15) is 0 Å². The number of amides is 2. The van der Waals surface area contributed by atoms with Crippen LogP contribution in [-0.4, -0.2) is 46.4 Å². The molecule has 3 unspecified atom stereocenters. The molecule has 5 N–H and O–H groups in total. The van der Waals surface area contributed by atoms with Gasteiger partial charge in [-0.3, -0.25) is 0 Å². The Labute approximate surface area is 111 Å². The molecular weight excluding hydrogens is 246 g/mol. The van der Waals surface area contributed by atoms with E-state index < -0.39 is 12.2 Å². The van der Waals surface area contributed by atoms with Gasteiger partial charge < -0.3 is 26.2 Å². The normalized spacial score (nSPS) is 24.3. The standard InChI is InChI=1S/C13H19N3O3/c1-8(14)9-3-2-4-10(5-9)15-13(19)16-6-11(17)12(18)7-16/h2-5,8,11-12,17-18H,6-7,14H2,1H3,(H,15,19). The number of β-amino-alcohol motifs (C(OH)–C–C–N with tert-alkyl or cyclic N) is 2. The Kier molecular flexibility index (Phi) is 4.04. The van der Waals surface area contributed by atoms with Crippen molar-refractivity contribution in [3.8, 4) is 0 Å². The fraction of sp³-hybridized carbons (Fsp3) is 0.462. The van der Waals surface area contributed by atoms with Crippen molar-refractivity contribution in [1.29, 1.82) is 0 Å². The number of nitrogens with one attached hydrogen (secondary N) is 1. The summed E-state index contributed by atoms with van der Waals surface area (Å²) in [5, 5.41) is 21.6. The predicted octanol–water partition coefficient (Wildman–Crippen LogP) is 0.276. The molecule has 2 amide bonds. The predicted molar refractivity (Wildman–Crippen MR) is 71.6 cm³/mol. The molecule has 1 heterocycles. The average molecular weight is 265 g/mol. The van der Waals surface area contributed by atoms with Crippen molar-refractivity contribution in [1.82, 2.24) is 4.90 Å². The Bertz CT molecular complexity index is 454. The third-order valence-electron chi connectivity index (χ3n) is 3.21. The van der Waals surface area contributed by atoms with E-state index in [1.165, 1.54) is 4.90 Å². The first kappa shape index (κ1) is 13.8. The Morgan fingerprint density at radius 3 is 2.63 bits per heavy atom. The molecule has 6 nitrogen and oxygen atoms in total. The zero-order valence-electron chi connectivity index (χ0n) is 10.8. The summed E-state index contributed by atoms with van der Waals surface area (Å²) in [4.78, 5) is 13.3. The van der Waals surface area contributed by atoms with Gasteiger partial charge in [-0.1, -0.05) is 12.1 Å². The Morgan fingerprint density at radius 2 is 2.05 bits per heavy atom. The number of likely N-dealkylation sites (tertiary alicyclic amines) is 1. The highest BCUT2D eigenvalue weighted by Gasteiger charge is 2.32. The summed E-state index contributed by atoms with van der Waals surface area (Å²) < 4.78 is 0. The molecule has 19 heavy (non-hydrogen) atoms. The van der Waals surface area contributed by atoms with Crippen molar-refractivity contribution in [2.75, 3.05) is 18.4 Å². The average Bonchev–Trinajstić information content (AvgIpc) is 2.70. The molecule has 6 heteroatoms. The first-order chi connectivity index (χ1) is 8.97. The number of hydrogen-bond donors (Lipinski definition) is 4. The number of aliphatic hydroxyl groups excluding tert-OH is 2. The number of anilines is 1. The molecule has 0 aromatic heterocycles. The van der Waals surface area contributed by atoms with E-state index in [1.807, 2.05) is 25.1 Å². The van der Waals surface area contributed by atoms with E-state index in [2.05, 4.69) is 5.32 Å². The van der Waals surface area contributed by atoms with Crippen LogP contribution in [0.15, 0.2) is 24.3 Å². The lowest BCUT2D eigenvalue weighted by molar-refractivity contribution is 0.0572. The third kappa shape index (κ3) is 3.23. The molecule has 0 saturated carbocycles. The van der Waals surface area contributed by atoms with Crippen LogP contribution in [0.25, 0.3) is 0 Å². The maximum absolute atomic E-state index is 11.9. The van der Waals surface area contributed by atoms with Gasteiger partial charge in [0.05, 0.1) is 25.3 Å². The molecule has 1 aliphatic heterocycles. The van der Waals surface area contributed by atoms with Gasteiger partial charge >= 0.3 is 6.03 Å². The fourth-order valence-corrected chi connectivity index (χ4v) is 2.04. The zero-order chi connectivity index (χ0) is 14.0. The van der Waals surface area contributed by atoms with Gasteiger partial charge in [-0.05, 0) is 24.6 Å². The first-order valence-corrected chi connectivity index (χ1v) is 6.25. The second-order valence-electron chi connectivity index (χ2n) is 4.88. The SMILES string of the molecule is CC(N)c1cccc(NC(=O)N2CC(O)C(O)C2)c1. The van der Waals surface area contributed by atoms with Crippen LogP contribution in [0.2, 0.25) is 0 Å². The molecule has 1 saturated heterocycles. The van der Waals surface area contributed by atoms with E-state index in [4.69, 9.17) is 5.73 Å². The monoisotopic (exact) mass is 265 g/mol. The molecule has 1 aromatic carbocycles. The molecule has 3 atom stereocenters. The highest BCUT2D eigenvalue weighted by Crippen LogP contribution is 2.17. The highest BCUT2D eigenvalue weighted by molar-refractivity contribution is 5.89. The minimum absolute atomic E-state index is 0.104. The molecule has 0 bridgehead atoms. The zero-order valence-corrected chi connectivity index (χ0v) is 10.8. The maximum atomic E-state index is 11.9. The quantitative estimate of drug-likeness (QED) is 0.617. The van der Waals surface area contributed by atoms with E-state index in [0.29, 0.717) is 5.69 Å². The maximum Gasteiger partial charge on any atom is 0.322 e. The number of benzene rings is 1. The van der Waals surface area contributed by atoms with Crippen molar-refractivity contribution in [2.45, 2.75) is 25.2 Å². The van der Waals surface area contributed by atoms with Crippen LogP contribution < -0.4 is 11.1 Å². The van der Waals surface area contributed by atoms with Crippen molar-refractivity contribution in [3.63, 3.8) is 0 Å². The fourth-order valence-electron chi connectivity index (χ4n) is 2.04. The summed E-state index contributed by atoms with van der Waals surface area (Å²) in [5.41, 5.74) is 7.36. The summed E-state index contributed by atoms with van der Waals surface area (Å²) >= 11 is 0. The van der Waals surface area contributed by atoms with Crippen LogP contribution in [0.3, 0.4) is 0 Å². The second-order valence-corrected chi connectivity index (χ2v) is 4.88. The van der Waals surface area contributed by atoms with Crippen LogP contribution in [0.1, 0.15) is 18.5 Å². The Morgan fingerprint density at radius 1 is 1.42 bits per heavy atom. The number of carbonyl (C=O) groups is 1. The minimum Gasteiger partial charge on any atom is -0.388 e. The number of urea groups is 1. The summed E-state index contributed by atoms with van der Waals surface area (Å²) in [5.74, 6) is 0. The summed E-state index contributed by atoms with van der Waals surface area (Å²) in [7, 11) is 0. The van der Waals surface area contributed by atoms with E-state index in [9.17, 15) is 15.0 Å². The van der Waals surface area contributed by atoms with E-state index in [1.54, 1.807) is 6.07 Å². The van der Waals surface area contributed by atoms with Gasteiger partial charge in [0.2, 0.25) is 0 Å². The van der Waals surface area contributed by atoms with Gasteiger partial charge in [-0.2, -0.15) is 0 Å². The molecule has 1 aromatic rings. The summed E-state index contributed by atoms with van der Waals surface area (Å²) in [6.07, 6.45) is -1.75. The van der Waals surface area contributed by atoms with Crippen LogP contribution in [0.4, 0.5) is 10.5 Å². The Hall–Kier alpha value is -1.63. The number of hydrogen-bond acceptors (Lipinski definition) is 4. The van der Waals surface area contributed by atoms with E-state index in [-0.39, 0.29) is 25.2 Å².